The summed E-state index contributed by atoms with van der Waals surface area (Å²) in [5.74, 6) is 0.0448. The van der Waals surface area contributed by atoms with Crippen LogP contribution in [0.4, 0.5) is 0 Å². The van der Waals surface area contributed by atoms with Crippen molar-refractivity contribution in [2.75, 3.05) is 26.7 Å². The SMILES string of the molecule is CN1CCCN(C(=O)c2ccco2)CC1=O. The number of likely N-dealkylation sites (N-methyl/N-ethyl adjacent to an activating group) is 1. The van der Waals surface area contributed by atoms with Crippen LogP contribution in [0.2, 0.25) is 0 Å². The van der Waals surface area contributed by atoms with Crippen molar-refractivity contribution in [3.05, 3.63) is 24.2 Å². The zero-order valence-electron chi connectivity index (χ0n) is 9.18. The summed E-state index contributed by atoms with van der Waals surface area (Å²) < 4.78 is 5.04. The Morgan fingerprint density at radius 2 is 2.25 bits per heavy atom. The minimum Gasteiger partial charge on any atom is -0.459 e. The van der Waals surface area contributed by atoms with Crippen molar-refractivity contribution in [2.45, 2.75) is 6.42 Å². The van der Waals surface area contributed by atoms with Crippen molar-refractivity contribution >= 4 is 11.8 Å². The summed E-state index contributed by atoms with van der Waals surface area (Å²) in [6.45, 7) is 1.42. The first-order valence-corrected chi connectivity index (χ1v) is 5.25. The molecular formula is C11H14N2O3. The summed E-state index contributed by atoms with van der Waals surface area (Å²) in [6, 6.07) is 3.28. The number of carbonyl (C=O) groups is 2. The maximum Gasteiger partial charge on any atom is 0.290 e. The molecule has 0 atom stereocenters. The Labute approximate surface area is 93.6 Å². The van der Waals surface area contributed by atoms with Crippen molar-refractivity contribution in [1.82, 2.24) is 9.80 Å². The van der Waals surface area contributed by atoms with Gasteiger partial charge in [0.1, 0.15) is 6.54 Å². The fourth-order valence-electron chi connectivity index (χ4n) is 1.72. The Balaban J connectivity index is 2.09. The molecule has 5 nitrogen and oxygen atoms in total. The zero-order valence-corrected chi connectivity index (χ0v) is 9.18. The lowest BCUT2D eigenvalue weighted by atomic mass is 10.3. The van der Waals surface area contributed by atoms with Gasteiger partial charge in [-0.1, -0.05) is 0 Å². The van der Waals surface area contributed by atoms with E-state index in [0.717, 1.165) is 6.42 Å². The van der Waals surface area contributed by atoms with Gasteiger partial charge >= 0.3 is 0 Å². The van der Waals surface area contributed by atoms with Crippen molar-refractivity contribution in [1.29, 1.82) is 0 Å². The van der Waals surface area contributed by atoms with Crippen LogP contribution in [0.25, 0.3) is 0 Å². The molecule has 0 radical (unpaired) electrons. The topological polar surface area (TPSA) is 53.8 Å². The van der Waals surface area contributed by atoms with Crippen LogP contribution in [0.3, 0.4) is 0 Å². The highest BCUT2D eigenvalue weighted by atomic mass is 16.3. The monoisotopic (exact) mass is 222 g/mol. The van der Waals surface area contributed by atoms with Gasteiger partial charge in [0.05, 0.1) is 6.26 Å². The highest BCUT2D eigenvalue weighted by Gasteiger charge is 2.24. The van der Waals surface area contributed by atoms with Crippen LogP contribution in [0, 0.1) is 0 Å². The molecular weight excluding hydrogens is 208 g/mol. The molecule has 1 aliphatic rings. The van der Waals surface area contributed by atoms with Crippen molar-refractivity contribution in [2.24, 2.45) is 0 Å². The first kappa shape index (κ1) is 10.7. The average Bonchev–Trinajstić information content (AvgIpc) is 2.74. The Hall–Kier alpha value is -1.78. The van der Waals surface area contributed by atoms with Gasteiger partial charge in [-0.3, -0.25) is 9.59 Å². The van der Waals surface area contributed by atoms with E-state index in [0.29, 0.717) is 13.1 Å². The Morgan fingerprint density at radius 3 is 2.94 bits per heavy atom. The summed E-state index contributed by atoms with van der Waals surface area (Å²) >= 11 is 0. The number of hydrogen-bond donors (Lipinski definition) is 0. The average molecular weight is 222 g/mol. The summed E-state index contributed by atoms with van der Waals surface area (Å²) in [4.78, 5) is 26.7. The molecule has 16 heavy (non-hydrogen) atoms. The van der Waals surface area contributed by atoms with Crippen LogP contribution in [0.15, 0.2) is 22.8 Å². The lowest BCUT2D eigenvalue weighted by molar-refractivity contribution is -0.129. The predicted molar refractivity (Wildman–Crippen MR) is 56.9 cm³/mol. The van der Waals surface area contributed by atoms with Crippen LogP contribution < -0.4 is 0 Å². The molecule has 0 saturated carbocycles. The van der Waals surface area contributed by atoms with Crippen LogP contribution >= 0.6 is 0 Å². The smallest absolute Gasteiger partial charge is 0.290 e. The van der Waals surface area contributed by atoms with E-state index in [2.05, 4.69) is 0 Å². The van der Waals surface area contributed by atoms with Gasteiger partial charge < -0.3 is 14.2 Å². The number of amides is 2. The lowest BCUT2D eigenvalue weighted by Crippen LogP contribution is -2.37. The Morgan fingerprint density at radius 1 is 1.44 bits per heavy atom. The zero-order chi connectivity index (χ0) is 11.5. The minimum atomic E-state index is -0.214. The van der Waals surface area contributed by atoms with Gasteiger partial charge in [-0.05, 0) is 18.6 Å². The predicted octanol–water partition coefficient (Wildman–Crippen LogP) is 0.584. The molecule has 0 aromatic carbocycles. The molecule has 1 aromatic rings. The molecule has 1 aliphatic heterocycles. The molecule has 1 fully saturated rings. The van der Waals surface area contributed by atoms with E-state index >= 15 is 0 Å². The molecule has 86 valence electrons. The molecule has 5 heteroatoms. The number of rotatable bonds is 1. The molecule has 0 spiro atoms. The number of carbonyl (C=O) groups excluding carboxylic acids is 2. The number of furan rings is 1. The summed E-state index contributed by atoms with van der Waals surface area (Å²) in [7, 11) is 1.75. The summed E-state index contributed by atoms with van der Waals surface area (Å²) in [5, 5.41) is 0. The van der Waals surface area contributed by atoms with Crippen LogP contribution in [0.5, 0.6) is 0 Å². The quantitative estimate of drug-likeness (QED) is 0.698. The third kappa shape index (κ3) is 2.08. The van der Waals surface area contributed by atoms with Crippen LogP contribution in [0.1, 0.15) is 17.0 Å². The van der Waals surface area contributed by atoms with Gasteiger partial charge in [0.25, 0.3) is 5.91 Å². The van der Waals surface area contributed by atoms with Crippen molar-refractivity contribution < 1.29 is 14.0 Å². The van der Waals surface area contributed by atoms with E-state index in [4.69, 9.17) is 4.42 Å². The minimum absolute atomic E-state index is 0.0302. The number of hydrogen-bond acceptors (Lipinski definition) is 3. The fourth-order valence-corrected chi connectivity index (χ4v) is 1.72. The molecule has 0 bridgehead atoms. The fraction of sp³-hybridized carbons (Fsp3) is 0.455. The normalized spacial score (nSPS) is 17.4. The summed E-state index contributed by atoms with van der Waals surface area (Å²) in [6.07, 6.45) is 2.26. The van der Waals surface area contributed by atoms with Gasteiger partial charge in [-0.25, -0.2) is 0 Å². The van der Waals surface area contributed by atoms with Crippen LogP contribution in [-0.2, 0) is 4.79 Å². The molecule has 1 saturated heterocycles. The first-order valence-electron chi connectivity index (χ1n) is 5.25. The van der Waals surface area contributed by atoms with Gasteiger partial charge in [0, 0.05) is 20.1 Å². The molecule has 2 rings (SSSR count). The van der Waals surface area contributed by atoms with Crippen molar-refractivity contribution in [3.8, 4) is 0 Å². The van der Waals surface area contributed by atoms with E-state index in [1.54, 1.807) is 24.1 Å². The second kappa shape index (κ2) is 4.38. The maximum absolute atomic E-state index is 11.9. The Bertz CT molecular complexity index is 386. The number of nitrogens with zero attached hydrogens (tertiary/aromatic N) is 2. The third-order valence-electron chi connectivity index (χ3n) is 2.69. The third-order valence-corrected chi connectivity index (χ3v) is 2.69. The van der Waals surface area contributed by atoms with E-state index in [-0.39, 0.29) is 24.1 Å². The standard InChI is InChI=1S/C11H14N2O3/c1-12-5-3-6-13(8-10(12)14)11(15)9-4-2-7-16-9/h2,4,7H,3,5-6,8H2,1H3. The van der Waals surface area contributed by atoms with E-state index in [1.807, 2.05) is 0 Å². The molecule has 0 N–H and O–H groups in total. The maximum atomic E-state index is 11.9. The van der Waals surface area contributed by atoms with Gasteiger partial charge in [-0.2, -0.15) is 0 Å². The second-order valence-electron chi connectivity index (χ2n) is 3.87. The summed E-state index contributed by atoms with van der Waals surface area (Å²) in [5.41, 5.74) is 0. The van der Waals surface area contributed by atoms with E-state index in [1.165, 1.54) is 11.2 Å². The first-order chi connectivity index (χ1) is 7.68. The van der Waals surface area contributed by atoms with Gasteiger partial charge in [0.15, 0.2) is 5.76 Å². The molecule has 0 aliphatic carbocycles. The van der Waals surface area contributed by atoms with Crippen LogP contribution in [-0.4, -0.2) is 48.3 Å². The van der Waals surface area contributed by atoms with E-state index in [9.17, 15) is 9.59 Å². The molecule has 2 heterocycles. The Kier molecular flexibility index (Phi) is 2.94. The molecule has 2 amide bonds. The van der Waals surface area contributed by atoms with Gasteiger partial charge in [-0.15, -0.1) is 0 Å². The highest BCUT2D eigenvalue weighted by Crippen LogP contribution is 2.09. The lowest BCUT2D eigenvalue weighted by Gasteiger charge is -2.18. The largest absolute Gasteiger partial charge is 0.459 e. The molecule has 1 aromatic heterocycles. The van der Waals surface area contributed by atoms with Gasteiger partial charge in [0.2, 0.25) is 5.91 Å². The highest BCUT2D eigenvalue weighted by molar-refractivity contribution is 5.94. The molecule has 0 unspecified atom stereocenters. The van der Waals surface area contributed by atoms with E-state index < -0.39 is 0 Å². The second-order valence-corrected chi connectivity index (χ2v) is 3.87. The van der Waals surface area contributed by atoms with Crippen molar-refractivity contribution in [3.63, 3.8) is 0 Å².